The minimum Gasteiger partial charge on any atom is -0.347 e. The van der Waals surface area contributed by atoms with Gasteiger partial charge in [0.2, 0.25) is 0 Å². The number of hydrogen-bond acceptors (Lipinski definition) is 5. The molecular formula is C25H24ClFN4OS. The SMILES string of the molecule is Cc1c(Cl)cccc1C(=O)NCc1scnc1C1(C#N)CCN(Cc2ccc(F)cc2)CC1. The predicted molar refractivity (Wildman–Crippen MR) is 128 cm³/mol. The van der Waals surface area contributed by atoms with Crippen molar-refractivity contribution in [3.63, 3.8) is 0 Å². The summed E-state index contributed by atoms with van der Waals surface area (Å²) in [6, 6.07) is 14.3. The number of nitrogens with one attached hydrogen (secondary N) is 1. The summed E-state index contributed by atoms with van der Waals surface area (Å²) in [6.45, 7) is 4.35. The summed E-state index contributed by atoms with van der Waals surface area (Å²) in [5.74, 6) is -0.441. The van der Waals surface area contributed by atoms with Crippen LogP contribution in [0.5, 0.6) is 0 Å². The Hall–Kier alpha value is -2.79. The molecule has 8 heteroatoms. The van der Waals surface area contributed by atoms with E-state index in [1.165, 1.54) is 23.5 Å². The molecule has 1 saturated heterocycles. The van der Waals surface area contributed by atoms with Crippen molar-refractivity contribution in [3.8, 4) is 6.07 Å². The molecule has 2 heterocycles. The Balaban J connectivity index is 1.42. The largest absolute Gasteiger partial charge is 0.347 e. The minimum absolute atomic E-state index is 0.200. The Labute approximate surface area is 201 Å². The van der Waals surface area contributed by atoms with Crippen molar-refractivity contribution in [3.05, 3.63) is 86.1 Å². The minimum atomic E-state index is -0.675. The molecule has 0 saturated carbocycles. The average Bonchev–Trinajstić information content (AvgIpc) is 3.31. The lowest BCUT2D eigenvalue weighted by Crippen LogP contribution is -2.42. The van der Waals surface area contributed by atoms with E-state index < -0.39 is 5.41 Å². The van der Waals surface area contributed by atoms with Crippen molar-refractivity contribution in [2.45, 2.75) is 38.3 Å². The summed E-state index contributed by atoms with van der Waals surface area (Å²) < 4.78 is 13.2. The maximum Gasteiger partial charge on any atom is 0.251 e. The molecule has 1 aromatic heterocycles. The number of amides is 1. The van der Waals surface area contributed by atoms with Crippen molar-refractivity contribution in [2.24, 2.45) is 0 Å². The van der Waals surface area contributed by atoms with Crippen LogP contribution in [-0.4, -0.2) is 28.9 Å². The lowest BCUT2D eigenvalue weighted by atomic mass is 9.76. The van der Waals surface area contributed by atoms with E-state index in [0.717, 1.165) is 41.3 Å². The molecule has 1 aliphatic heterocycles. The number of hydrogen-bond donors (Lipinski definition) is 1. The van der Waals surface area contributed by atoms with Gasteiger partial charge in [-0.25, -0.2) is 9.37 Å². The fraction of sp³-hybridized carbons (Fsp3) is 0.320. The van der Waals surface area contributed by atoms with Crippen LogP contribution < -0.4 is 5.32 Å². The van der Waals surface area contributed by atoms with Crippen molar-refractivity contribution in [1.82, 2.24) is 15.2 Å². The van der Waals surface area contributed by atoms with Crippen molar-refractivity contribution in [1.29, 1.82) is 5.26 Å². The Morgan fingerprint density at radius 1 is 1.27 bits per heavy atom. The molecule has 0 spiro atoms. The highest BCUT2D eigenvalue weighted by atomic mass is 35.5. The van der Waals surface area contributed by atoms with E-state index in [2.05, 4.69) is 21.3 Å². The van der Waals surface area contributed by atoms with Gasteiger partial charge in [0.05, 0.1) is 23.8 Å². The van der Waals surface area contributed by atoms with Gasteiger partial charge in [0, 0.05) is 35.1 Å². The summed E-state index contributed by atoms with van der Waals surface area (Å²) in [7, 11) is 0. The number of benzene rings is 2. The second-order valence-corrected chi connectivity index (χ2v) is 9.66. The number of likely N-dealkylation sites (tertiary alicyclic amines) is 1. The predicted octanol–water partition coefficient (Wildman–Crippen LogP) is 5.23. The summed E-state index contributed by atoms with van der Waals surface area (Å²) in [4.78, 5) is 20.4. The molecule has 1 aliphatic rings. The first-order valence-corrected chi connectivity index (χ1v) is 12.0. The van der Waals surface area contributed by atoms with Crippen LogP contribution in [0.25, 0.3) is 0 Å². The van der Waals surface area contributed by atoms with E-state index in [-0.39, 0.29) is 11.7 Å². The summed E-state index contributed by atoms with van der Waals surface area (Å²) in [5.41, 5.74) is 4.16. The topological polar surface area (TPSA) is 69.0 Å². The van der Waals surface area contributed by atoms with E-state index in [9.17, 15) is 14.4 Å². The first-order chi connectivity index (χ1) is 15.9. The van der Waals surface area contributed by atoms with Crippen LogP contribution in [0.1, 0.15) is 44.9 Å². The van der Waals surface area contributed by atoms with Gasteiger partial charge in [-0.15, -0.1) is 11.3 Å². The van der Waals surface area contributed by atoms with Gasteiger partial charge in [-0.1, -0.05) is 29.8 Å². The third kappa shape index (κ3) is 5.09. The smallest absolute Gasteiger partial charge is 0.251 e. The number of aromatic nitrogens is 1. The van der Waals surface area contributed by atoms with Crippen LogP contribution in [0.2, 0.25) is 5.02 Å². The van der Waals surface area contributed by atoms with E-state index >= 15 is 0 Å². The maximum atomic E-state index is 13.2. The monoisotopic (exact) mass is 482 g/mol. The highest BCUT2D eigenvalue weighted by Gasteiger charge is 2.40. The Bertz CT molecular complexity index is 1180. The van der Waals surface area contributed by atoms with Gasteiger partial charge in [0.25, 0.3) is 5.91 Å². The molecule has 1 fully saturated rings. The van der Waals surface area contributed by atoms with Crippen molar-refractivity contribution < 1.29 is 9.18 Å². The molecule has 170 valence electrons. The fourth-order valence-corrected chi connectivity index (χ4v) is 5.21. The summed E-state index contributed by atoms with van der Waals surface area (Å²) in [5, 5.41) is 13.6. The van der Waals surface area contributed by atoms with Gasteiger partial charge in [0.15, 0.2) is 0 Å². The molecule has 0 bridgehead atoms. The van der Waals surface area contributed by atoms with Crippen LogP contribution in [0, 0.1) is 24.1 Å². The standard InChI is InChI=1S/C25H24ClFN4OS/c1-17-20(3-2-4-21(17)26)24(32)29-13-22-23(30-16-33-22)25(15-28)9-11-31(12-10-25)14-18-5-7-19(27)8-6-18/h2-8,16H,9-14H2,1H3,(H,29,32). The van der Waals surface area contributed by atoms with Crippen molar-refractivity contribution >= 4 is 28.8 Å². The quantitative estimate of drug-likeness (QED) is 0.522. The Morgan fingerprint density at radius 2 is 2.00 bits per heavy atom. The third-order valence-electron chi connectivity index (χ3n) is 6.26. The molecule has 5 nitrogen and oxygen atoms in total. The molecule has 0 unspecified atom stereocenters. The van der Waals surface area contributed by atoms with Crippen molar-refractivity contribution in [2.75, 3.05) is 13.1 Å². The van der Waals surface area contributed by atoms with Crippen LogP contribution in [0.4, 0.5) is 4.39 Å². The van der Waals surface area contributed by atoms with Crippen LogP contribution in [0.15, 0.2) is 48.0 Å². The first kappa shape index (κ1) is 23.4. The molecule has 3 aromatic rings. The number of nitrogens with zero attached hydrogens (tertiary/aromatic N) is 3. The molecular weight excluding hydrogens is 459 g/mol. The van der Waals surface area contributed by atoms with E-state index in [4.69, 9.17) is 11.6 Å². The second-order valence-electron chi connectivity index (χ2n) is 8.32. The zero-order valence-corrected chi connectivity index (χ0v) is 19.8. The van der Waals surface area contributed by atoms with Gasteiger partial charge in [-0.3, -0.25) is 9.69 Å². The normalized spacial score (nSPS) is 15.7. The maximum absolute atomic E-state index is 13.2. The molecule has 33 heavy (non-hydrogen) atoms. The Morgan fingerprint density at radius 3 is 2.70 bits per heavy atom. The number of carbonyl (C=O) groups excluding carboxylic acids is 1. The molecule has 0 atom stereocenters. The molecule has 4 rings (SSSR count). The molecule has 2 aromatic carbocycles. The zero-order valence-electron chi connectivity index (χ0n) is 18.3. The lowest BCUT2D eigenvalue weighted by molar-refractivity contribution is 0.0950. The number of halogens is 2. The van der Waals surface area contributed by atoms with Gasteiger partial charge in [0.1, 0.15) is 11.2 Å². The van der Waals surface area contributed by atoms with Crippen LogP contribution in [-0.2, 0) is 18.5 Å². The number of piperidine rings is 1. The number of carbonyl (C=O) groups is 1. The van der Waals surface area contributed by atoms with E-state index in [1.807, 2.05) is 6.92 Å². The summed E-state index contributed by atoms with van der Waals surface area (Å²) in [6.07, 6.45) is 1.31. The van der Waals surface area contributed by atoms with Gasteiger partial charge in [-0.05, 0) is 55.2 Å². The lowest BCUT2D eigenvalue weighted by Gasteiger charge is -2.37. The fourth-order valence-electron chi connectivity index (χ4n) is 4.24. The van der Waals surface area contributed by atoms with Crippen LogP contribution >= 0.6 is 22.9 Å². The molecule has 1 amide bonds. The zero-order chi connectivity index (χ0) is 23.4. The van der Waals surface area contributed by atoms with E-state index in [0.29, 0.717) is 30.0 Å². The number of thiazole rings is 1. The highest BCUT2D eigenvalue weighted by Crippen LogP contribution is 2.37. The first-order valence-electron chi connectivity index (χ1n) is 10.8. The van der Waals surface area contributed by atoms with Gasteiger partial charge >= 0.3 is 0 Å². The Kier molecular flexibility index (Phi) is 7.08. The van der Waals surface area contributed by atoms with Gasteiger partial charge in [-0.2, -0.15) is 5.26 Å². The second kappa shape index (κ2) is 10.0. The van der Waals surface area contributed by atoms with Crippen LogP contribution in [0.3, 0.4) is 0 Å². The summed E-state index contributed by atoms with van der Waals surface area (Å²) >= 11 is 7.60. The van der Waals surface area contributed by atoms with Gasteiger partial charge < -0.3 is 5.32 Å². The number of nitriles is 1. The molecule has 0 aliphatic carbocycles. The number of rotatable bonds is 6. The average molecular weight is 483 g/mol. The highest BCUT2D eigenvalue weighted by molar-refractivity contribution is 7.09. The third-order valence-corrected chi connectivity index (χ3v) is 7.50. The van der Waals surface area contributed by atoms with E-state index in [1.54, 1.807) is 35.8 Å². The molecule has 1 N–H and O–H groups in total. The molecule has 0 radical (unpaired) electrons.